The van der Waals surface area contributed by atoms with Crippen LogP contribution in [0.25, 0.3) is 17.0 Å². The highest BCUT2D eigenvalue weighted by molar-refractivity contribution is 6.02. The molecule has 0 unspecified atom stereocenters. The number of anilines is 1. The van der Waals surface area contributed by atoms with Gasteiger partial charge in [0.25, 0.3) is 17.4 Å². The monoisotopic (exact) mass is 538 g/mol. The molecule has 1 amide bonds. The van der Waals surface area contributed by atoms with E-state index in [1.165, 1.54) is 18.2 Å². The number of hydrogen-bond donors (Lipinski definition) is 1. The number of nitro benzene ring substituents is 1. The molecular weight excluding hydrogens is 524 g/mol. The molecule has 14 heteroatoms. The molecule has 39 heavy (non-hydrogen) atoms. The number of ether oxygens (including phenoxy) is 1. The van der Waals surface area contributed by atoms with Crippen LogP contribution in [0.3, 0.4) is 0 Å². The first kappa shape index (κ1) is 25.3. The summed E-state index contributed by atoms with van der Waals surface area (Å²) in [5.41, 5.74) is -1.43. The van der Waals surface area contributed by atoms with Crippen molar-refractivity contribution in [3.8, 4) is 22.8 Å². The number of halogens is 4. The number of nitrogens with zero attached hydrogens (tertiary/aromatic N) is 5. The van der Waals surface area contributed by atoms with Gasteiger partial charge < -0.3 is 10.1 Å². The number of hydrogen-bond acceptors (Lipinski definition) is 7. The van der Waals surface area contributed by atoms with Gasteiger partial charge >= 0.3 is 6.18 Å². The molecule has 1 N–H and O–H groups in total. The molecule has 2 heterocycles. The quantitative estimate of drug-likeness (QED) is 0.162. The Morgan fingerprint density at radius 1 is 0.949 bits per heavy atom. The van der Waals surface area contributed by atoms with Crippen molar-refractivity contribution in [1.29, 1.82) is 0 Å². The Bertz CT molecular complexity index is 1710. The number of carbonyl (C=O) groups is 1. The van der Waals surface area contributed by atoms with Gasteiger partial charge in [-0.25, -0.2) is 9.37 Å². The summed E-state index contributed by atoms with van der Waals surface area (Å²) in [4.78, 5) is 31.5. The number of non-ortho nitro benzene ring substituents is 1. The number of alkyl halides is 3. The van der Waals surface area contributed by atoms with E-state index in [0.29, 0.717) is 10.1 Å². The van der Waals surface area contributed by atoms with Crippen molar-refractivity contribution in [3.05, 3.63) is 106 Å². The minimum Gasteiger partial charge on any atom is -0.457 e. The van der Waals surface area contributed by atoms with Gasteiger partial charge in [-0.1, -0.05) is 30.3 Å². The number of carbonyl (C=O) groups excluding carboxylic acids is 1. The maximum absolute atomic E-state index is 13.8. The Balaban J connectivity index is 1.49. The molecule has 10 nitrogen and oxygen atoms in total. The zero-order valence-electron chi connectivity index (χ0n) is 19.4. The molecule has 0 atom stereocenters. The molecule has 5 rings (SSSR count). The summed E-state index contributed by atoms with van der Waals surface area (Å²) < 4.78 is 60.5. The topological polar surface area (TPSA) is 125 Å². The maximum Gasteiger partial charge on any atom is 0.433 e. The van der Waals surface area contributed by atoms with Gasteiger partial charge in [-0.3, -0.25) is 14.9 Å². The first-order chi connectivity index (χ1) is 18.6. The third kappa shape index (κ3) is 5.49. The van der Waals surface area contributed by atoms with Crippen molar-refractivity contribution in [3.63, 3.8) is 0 Å². The highest BCUT2D eigenvalue weighted by Gasteiger charge is 2.36. The van der Waals surface area contributed by atoms with Crippen LogP contribution in [0.4, 0.5) is 28.9 Å². The average molecular weight is 538 g/mol. The summed E-state index contributed by atoms with van der Waals surface area (Å²) in [6, 6.07) is 17.0. The second-order valence-corrected chi connectivity index (χ2v) is 8.02. The fourth-order valence-electron chi connectivity index (χ4n) is 3.57. The van der Waals surface area contributed by atoms with Crippen LogP contribution in [0.15, 0.2) is 78.9 Å². The van der Waals surface area contributed by atoms with Gasteiger partial charge in [0, 0.05) is 17.7 Å². The number of nitrogens with one attached hydrogen (secondary N) is 1. The Morgan fingerprint density at radius 2 is 1.67 bits per heavy atom. The molecule has 0 spiro atoms. The lowest BCUT2D eigenvalue weighted by Crippen LogP contribution is -2.16. The van der Waals surface area contributed by atoms with Crippen LogP contribution in [0.1, 0.15) is 16.3 Å². The predicted octanol–water partition coefficient (Wildman–Crippen LogP) is 5.90. The molecular formula is C25H14F4N6O4. The van der Waals surface area contributed by atoms with E-state index in [4.69, 9.17) is 4.74 Å². The smallest absolute Gasteiger partial charge is 0.433 e. The minimum absolute atomic E-state index is 0.0314. The second-order valence-electron chi connectivity index (χ2n) is 8.02. The SMILES string of the molecule is O=C(Nc1cc(Oc2ccc(F)cc2)cc([N+](=O)[O-])c1)c1nc2nc(-c3ccccc3)cc(C(F)(F)F)n2n1. The number of amides is 1. The summed E-state index contributed by atoms with van der Waals surface area (Å²) in [5, 5.41) is 17.4. The summed E-state index contributed by atoms with van der Waals surface area (Å²) in [7, 11) is 0. The maximum atomic E-state index is 13.8. The fraction of sp³-hybridized carbons (Fsp3) is 0.0400. The van der Waals surface area contributed by atoms with Crippen LogP contribution < -0.4 is 10.1 Å². The molecule has 0 saturated carbocycles. The number of benzene rings is 3. The molecule has 0 aliphatic heterocycles. The largest absolute Gasteiger partial charge is 0.457 e. The van der Waals surface area contributed by atoms with Crippen LogP contribution in [0.5, 0.6) is 11.5 Å². The van der Waals surface area contributed by atoms with Gasteiger partial charge in [0.1, 0.15) is 17.3 Å². The van der Waals surface area contributed by atoms with Gasteiger partial charge in [-0.05, 0) is 30.3 Å². The molecule has 2 aromatic heterocycles. The Morgan fingerprint density at radius 3 is 2.33 bits per heavy atom. The normalized spacial score (nSPS) is 11.4. The van der Waals surface area contributed by atoms with Crippen molar-refractivity contribution in [2.75, 3.05) is 5.32 Å². The third-order valence-corrected chi connectivity index (χ3v) is 5.28. The van der Waals surface area contributed by atoms with Crippen molar-refractivity contribution >= 4 is 23.1 Å². The van der Waals surface area contributed by atoms with E-state index in [0.717, 1.165) is 30.3 Å². The zero-order chi connectivity index (χ0) is 27.7. The molecule has 0 fully saturated rings. The first-order valence-corrected chi connectivity index (χ1v) is 11.0. The molecule has 3 aromatic carbocycles. The van der Waals surface area contributed by atoms with Gasteiger partial charge in [0.05, 0.1) is 22.4 Å². The zero-order valence-corrected chi connectivity index (χ0v) is 19.4. The molecule has 0 radical (unpaired) electrons. The van der Waals surface area contributed by atoms with E-state index in [1.807, 2.05) is 0 Å². The molecule has 196 valence electrons. The van der Waals surface area contributed by atoms with E-state index in [1.54, 1.807) is 30.3 Å². The van der Waals surface area contributed by atoms with Crippen LogP contribution in [0.2, 0.25) is 0 Å². The summed E-state index contributed by atoms with van der Waals surface area (Å²) in [5.74, 6) is -2.62. The van der Waals surface area contributed by atoms with E-state index in [-0.39, 0.29) is 22.9 Å². The van der Waals surface area contributed by atoms with Crippen LogP contribution in [-0.2, 0) is 6.18 Å². The average Bonchev–Trinajstić information content (AvgIpc) is 3.34. The van der Waals surface area contributed by atoms with E-state index in [9.17, 15) is 32.5 Å². The summed E-state index contributed by atoms with van der Waals surface area (Å²) in [6.45, 7) is 0. The van der Waals surface area contributed by atoms with Gasteiger partial charge in [-0.15, -0.1) is 5.10 Å². The number of rotatable bonds is 6. The fourth-order valence-corrected chi connectivity index (χ4v) is 3.57. The predicted molar refractivity (Wildman–Crippen MR) is 129 cm³/mol. The Kier molecular flexibility index (Phi) is 6.35. The number of nitro groups is 1. The third-order valence-electron chi connectivity index (χ3n) is 5.28. The molecule has 0 bridgehead atoms. The summed E-state index contributed by atoms with van der Waals surface area (Å²) in [6.07, 6.45) is -4.85. The number of fused-ring (bicyclic) bond motifs is 1. The molecule has 0 aliphatic carbocycles. The van der Waals surface area contributed by atoms with Gasteiger partial charge in [-0.2, -0.15) is 22.7 Å². The standard InChI is InChI=1S/C25H14F4N6O4/c26-15-6-8-18(9-7-15)39-19-11-16(10-17(12-19)35(37)38)30-23(36)22-32-24-31-20(14-4-2-1-3-5-14)13-21(25(27,28)29)34(24)33-22/h1-13H,(H,30,36). The molecule has 0 aliphatic rings. The lowest BCUT2D eigenvalue weighted by atomic mass is 10.1. The second kappa shape index (κ2) is 9.81. The van der Waals surface area contributed by atoms with Crippen molar-refractivity contribution < 1.29 is 32.0 Å². The van der Waals surface area contributed by atoms with Gasteiger partial charge in [0.15, 0.2) is 5.69 Å². The van der Waals surface area contributed by atoms with Gasteiger partial charge in [0.2, 0.25) is 5.82 Å². The lowest BCUT2D eigenvalue weighted by molar-refractivity contribution is -0.384. The van der Waals surface area contributed by atoms with Crippen molar-refractivity contribution in [2.24, 2.45) is 0 Å². The van der Waals surface area contributed by atoms with Crippen LogP contribution in [0, 0.1) is 15.9 Å². The molecule has 0 saturated heterocycles. The van der Waals surface area contributed by atoms with Crippen LogP contribution >= 0.6 is 0 Å². The Labute approximate surface area is 215 Å². The van der Waals surface area contributed by atoms with E-state index in [2.05, 4.69) is 20.4 Å². The van der Waals surface area contributed by atoms with Crippen molar-refractivity contribution in [1.82, 2.24) is 19.6 Å². The lowest BCUT2D eigenvalue weighted by Gasteiger charge is -2.10. The van der Waals surface area contributed by atoms with Crippen molar-refractivity contribution in [2.45, 2.75) is 6.18 Å². The highest BCUT2D eigenvalue weighted by atomic mass is 19.4. The van der Waals surface area contributed by atoms with E-state index >= 15 is 0 Å². The number of aromatic nitrogens is 4. The molecule has 5 aromatic rings. The van der Waals surface area contributed by atoms with Crippen LogP contribution in [-0.4, -0.2) is 30.4 Å². The summed E-state index contributed by atoms with van der Waals surface area (Å²) >= 11 is 0. The van der Waals surface area contributed by atoms with E-state index < -0.39 is 45.8 Å². The first-order valence-electron chi connectivity index (χ1n) is 11.0. The Hall–Kier alpha value is -5.40. The minimum atomic E-state index is -4.85. The highest BCUT2D eigenvalue weighted by Crippen LogP contribution is 2.33.